The van der Waals surface area contributed by atoms with E-state index >= 15 is 0 Å². The van der Waals surface area contributed by atoms with Gasteiger partial charge >= 0.3 is 0 Å². The second-order valence-corrected chi connectivity index (χ2v) is 4.70. The van der Waals surface area contributed by atoms with Crippen LogP contribution in [-0.2, 0) is 0 Å². The van der Waals surface area contributed by atoms with Crippen LogP contribution in [0.4, 0.5) is 0 Å². The van der Waals surface area contributed by atoms with Crippen molar-refractivity contribution in [2.75, 3.05) is 5.88 Å². The Morgan fingerprint density at radius 3 is 2.88 bits per heavy atom. The van der Waals surface area contributed by atoms with Crippen molar-refractivity contribution in [3.05, 3.63) is 35.0 Å². The molecule has 2 rings (SSSR count). The Bertz CT molecular complexity index is 498. The number of hydrazine groups is 1. The lowest BCUT2D eigenvalue weighted by Crippen LogP contribution is -2.27. The van der Waals surface area contributed by atoms with E-state index < -0.39 is 0 Å². The standard InChI is InChI=1S/C12H14Cl2N2O/c13-5-1-2-10(16-15)12-7-8-6-9(14)3-4-11(8)17-12/h3-4,6-7,10,16H,1-2,5,15H2. The minimum Gasteiger partial charge on any atom is -0.459 e. The van der Waals surface area contributed by atoms with Crippen molar-refractivity contribution in [3.63, 3.8) is 0 Å². The molecule has 0 aliphatic rings. The molecule has 5 heteroatoms. The van der Waals surface area contributed by atoms with Gasteiger partial charge in [0.1, 0.15) is 11.3 Å². The minimum atomic E-state index is -0.0140. The first-order chi connectivity index (χ1) is 8.24. The molecule has 0 radical (unpaired) electrons. The number of nitrogens with one attached hydrogen (secondary N) is 1. The predicted molar refractivity (Wildman–Crippen MR) is 71.2 cm³/mol. The summed E-state index contributed by atoms with van der Waals surface area (Å²) in [5.74, 6) is 6.95. The summed E-state index contributed by atoms with van der Waals surface area (Å²) in [6.07, 6.45) is 1.72. The Labute approximate surface area is 110 Å². The molecular weight excluding hydrogens is 259 g/mol. The van der Waals surface area contributed by atoms with Gasteiger partial charge in [0.05, 0.1) is 6.04 Å². The average Bonchev–Trinajstić information content (AvgIpc) is 2.72. The summed E-state index contributed by atoms with van der Waals surface area (Å²) in [6.45, 7) is 0. The van der Waals surface area contributed by atoms with Crippen LogP contribution >= 0.6 is 23.2 Å². The van der Waals surface area contributed by atoms with E-state index in [0.29, 0.717) is 10.9 Å². The maximum Gasteiger partial charge on any atom is 0.134 e. The lowest BCUT2D eigenvalue weighted by molar-refractivity contribution is 0.414. The van der Waals surface area contributed by atoms with E-state index in [1.807, 2.05) is 18.2 Å². The van der Waals surface area contributed by atoms with Crippen LogP contribution < -0.4 is 11.3 Å². The topological polar surface area (TPSA) is 51.2 Å². The fourth-order valence-electron chi connectivity index (χ4n) is 1.80. The summed E-state index contributed by atoms with van der Waals surface area (Å²) >= 11 is 11.6. The smallest absolute Gasteiger partial charge is 0.134 e. The zero-order valence-corrected chi connectivity index (χ0v) is 10.8. The van der Waals surface area contributed by atoms with Gasteiger partial charge in [0.2, 0.25) is 0 Å². The number of benzene rings is 1. The lowest BCUT2D eigenvalue weighted by Gasteiger charge is -2.11. The van der Waals surface area contributed by atoms with Gasteiger partial charge in [0, 0.05) is 16.3 Å². The predicted octanol–water partition coefficient (Wildman–Crippen LogP) is 3.61. The number of fused-ring (bicyclic) bond motifs is 1. The van der Waals surface area contributed by atoms with Gasteiger partial charge in [-0.25, -0.2) is 5.43 Å². The Morgan fingerprint density at radius 1 is 1.35 bits per heavy atom. The van der Waals surface area contributed by atoms with Gasteiger partial charge in [0.15, 0.2) is 0 Å². The van der Waals surface area contributed by atoms with Gasteiger partial charge in [-0.05, 0) is 37.1 Å². The molecule has 0 saturated carbocycles. The van der Waals surface area contributed by atoms with Crippen molar-refractivity contribution in [1.29, 1.82) is 0 Å². The van der Waals surface area contributed by atoms with Gasteiger partial charge in [-0.1, -0.05) is 11.6 Å². The third-order valence-corrected chi connectivity index (χ3v) is 3.17. The van der Waals surface area contributed by atoms with E-state index in [-0.39, 0.29) is 6.04 Å². The molecule has 0 aliphatic carbocycles. The summed E-state index contributed by atoms with van der Waals surface area (Å²) in [5.41, 5.74) is 3.56. The highest BCUT2D eigenvalue weighted by Crippen LogP contribution is 2.28. The van der Waals surface area contributed by atoms with E-state index in [0.717, 1.165) is 29.6 Å². The summed E-state index contributed by atoms with van der Waals surface area (Å²) in [5, 5.41) is 1.68. The van der Waals surface area contributed by atoms with Crippen LogP contribution in [0.5, 0.6) is 0 Å². The van der Waals surface area contributed by atoms with Gasteiger partial charge in [-0.15, -0.1) is 11.6 Å². The highest BCUT2D eigenvalue weighted by Gasteiger charge is 2.14. The average molecular weight is 273 g/mol. The molecule has 0 amide bonds. The van der Waals surface area contributed by atoms with E-state index in [1.54, 1.807) is 6.07 Å². The Hall–Kier alpha value is -0.740. The molecule has 0 spiro atoms. The first kappa shape index (κ1) is 12.7. The second-order valence-electron chi connectivity index (χ2n) is 3.88. The normalized spacial score (nSPS) is 13.1. The highest BCUT2D eigenvalue weighted by molar-refractivity contribution is 6.31. The van der Waals surface area contributed by atoms with Gasteiger partial charge in [-0.2, -0.15) is 0 Å². The van der Waals surface area contributed by atoms with Crippen LogP contribution in [0.3, 0.4) is 0 Å². The molecule has 0 fully saturated rings. The number of rotatable bonds is 5. The molecule has 2 aromatic rings. The highest BCUT2D eigenvalue weighted by atomic mass is 35.5. The van der Waals surface area contributed by atoms with Crippen LogP contribution in [0.1, 0.15) is 24.6 Å². The Kier molecular flexibility index (Phi) is 4.29. The molecule has 92 valence electrons. The molecular formula is C12H14Cl2N2O. The van der Waals surface area contributed by atoms with Crippen LogP contribution in [0.2, 0.25) is 5.02 Å². The van der Waals surface area contributed by atoms with Crippen molar-refractivity contribution in [3.8, 4) is 0 Å². The van der Waals surface area contributed by atoms with Gasteiger partial charge < -0.3 is 4.42 Å². The summed E-state index contributed by atoms with van der Waals surface area (Å²) in [6, 6.07) is 7.48. The summed E-state index contributed by atoms with van der Waals surface area (Å²) in [4.78, 5) is 0. The largest absolute Gasteiger partial charge is 0.459 e. The molecule has 3 N–H and O–H groups in total. The second kappa shape index (κ2) is 5.74. The van der Waals surface area contributed by atoms with E-state index in [1.165, 1.54) is 0 Å². The van der Waals surface area contributed by atoms with E-state index in [4.69, 9.17) is 33.5 Å². The molecule has 3 nitrogen and oxygen atoms in total. The first-order valence-corrected chi connectivity index (χ1v) is 6.37. The van der Waals surface area contributed by atoms with Crippen molar-refractivity contribution in [1.82, 2.24) is 5.43 Å². The van der Waals surface area contributed by atoms with Crippen LogP contribution in [-0.4, -0.2) is 5.88 Å². The number of hydrogen-bond donors (Lipinski definition) is 2. The number of alkyl halides is 1. The van der Waals surface area contributed by atoms with Crippen LogP contribution in [0.15, 0.2) is 28.7 Å². The number of hydrogen-bond acceptors (Lipinski definition) is 3. The molecule has 0 saturated heterocycles. The van der Waals surface area contributed by atoms with Crippen molar-refractivity contribution >= 4 is 34.2 Å². The fourth-order valence-corrected chi connectivity index (χ4v) is 2.13. The zero-order chi connectivity index (χ0) is 12.3. The number of halogens is 2. The third kappa shape index (κ3) is 2.93. The maximum absolute atomic E-state index is 5.93. The van der Waals surface area contributed by atoms with Crippen LogP contribution in [0.25, 0.3) is 11.0 Å². The molecule has 1 heterocycles. The van der Waals surface area contributed by atoms with Crippen molar-refractivity contribution in [2.45, 2.75) is 18.9 Å². The summed E-state index contributed by atoms with van der Waals surface area (Å²) in [7, 11) is 0. The Morgan fingerprint density at radius 2 is 2.18 bits per heavy atom. The van der Waals surface area contributed by atoms with E-state index in [9.17, 15) is 0 Å². The Balaban J connectivity index is 2.27. The lowest BCUT2D eigenvalue weighted by atomic mass is 10.1. The van der Waals surface area contributed by atoms with Gasteiger partial charge in [0.25, 0.3) is 0 Å². The number of nitrogens with two attached hydrogens (primary N) is 1. The molecule has 1 aromatic carbocycles. The van der Waals surface area contributed by atoms with Gasteiger partial charge in [-0.3, -0.25) is 5.84 Å². The maximum atomic E-state index is 5.93. The molecule has 17 heavy (non-hydrogen) atoms. The minimum absolute atomic E-state index is 0.0140. The van der Waals surface area contributed by atoms with E-state index in [2.05, 4.69) is 5.43 Å². The zero-order valence-electron chi connectivity index (χ0n) is 9.25. The number of furan rings is 1. The molecule has 0 bridgehead atoms. The molecule has 0 aliphatic heterocycles. The molecule has 1 aromatic heterocycles. The third-order valence-electron chi connectivity index (χ3n) is 2.67. The molecule has 1 unspecified atom stereocenters. The summed E-state index contributed by atoms with van der Waals surface area (Å²) < 4.78 is 5.73. The van der Waals surface area contributed by atoms with Crippen molar-refractivity contribution in [2.24, 2.45) is 5.84 Å². The monoisotopic (exact) mass is 272 g/mol. The SMILES string of the molecule is NNC(CCCCl)c1cc2cc(Cl)ccc2o1. The quantitative estimate of drug-likeness (QED) is 0.497. The van der Waals surface area contributed by atoms with Crippen LogP contribution in [0, 0.1) is 0 Å². The first-order valence-electron chi connectivity index (χ1n) is 5.45. The molecule has 1 atom stereocenters. The fraction of sp³-hybridized carbons (Fsp3) is 0.333. The van der Waals surface area contributed by atoms with Crippen molar-refractivity contribution < 1.29 is 4.42 Å².